The van der Waals surface area contributed by atoms with Gasteiger partial charge < -0.3 is 5.43 Å². The van der Waals surface area contributed by atoms with Crippen molar-refractivity contribution in [2.24, 2.45) is 5.10 Å². The third-order valence-electron chi connectivity index (χ3n) is 0.459. The van der Waals surface area contributed by atoms with Crippen LogP contribution in [0.4, 0.5) is 0 Å². The molecule has 0 unspecified atom stereocenters. The van der Waals surface area contributed by atoms with Gasteiger partial charge in [-0.25, -0.2) is 0 Å². The van der Waals surface area contributed by atoms with Gasteiger partial charge in [-0.2, -0.15) is 5.10 Å². The molecule has 0 aliphatic carbocycles. The molecule has 0 heterocycles. The highest BCUT2D eigenvalue weighted by atomic mass is 16.1. The van der Waals surface area contributed by atoms with Crippen LogP contribution in [0.3, 0.4) is 0 Å². The standard InChI is InChI=1S/C4H8N2O/c1-4(3-7)6-5-2/h3,5H,1-2H3/b6-4+. The van der Waals surface area contributed by atoms with E-state index in [0.717, 1.165) is 0 Å². The van der Waals surface area contributed by atoms with Gasteiger partial charge in [0.05, 0.1) is 5.71 Å². The first kappa shape index (κ1) is 6.14. The van der Waals surface area contributed by atoms with Crippen LogP contribution < -0.4 is 5.43 Å². The molecule has 0 saturated carbocycles. The van der Waals surface area contributed by atoms with Crippen LogP contribution in [-0.2, 0) is 4.79 Å². The van der Waals surface area contributed by atoms with Gasteiger partial charge in [-0.15, -0.1) is 0 Å². The van der Waals surface area contributed by atoms with E-state index in [9.17, 15) is 4.79 Å². The summed E-state index contributed by atoms with van der Waals surface area (Å²) >= 11 is 0. The van der Waals surface area contributed by atoms with Gasteiger partial charge in [-0.05, 0) is 6.92 Å². The number of carbonyl (C=O) groups excluding carboxylic acids is 1. The quantitative estimate of drug-likeness (QED) is 0.296. The number of rotatable bonds is 2. The van der Waals surface area contributed by atoms with Gasteiger partial charge in [0.1, 0.15) is 0 Å². The van der Waals surface area contributed by atoms with E-state index in [1.54, 1.807) is 14.0 Å². The Kier molecular flexibility index (Phi) is 2.92. The van der Waals surface area contributed by atoms with Crippen molar-refractivity contribution in [3.8, 4) is 0 Å². The van der Waals surface area contributed by atoms with E-state index in [-0.39, 0.29) is 0 Å². The molecule has 0 saturated heterocycles. The average Bonchev–Trinajstić information content (AvgIpc) is 1.68. The van der Waals surface area contributed by atoms with Gasteiger partial charge in [0.2, 0.25) is 0 Å². The van der Waals surface area contributed by atoms with Gasteiger partial charge in [0, 0.05) is 7.05 Å². The maximum Gasteiger partial charge on any atom is 0.165 e. The van der Waals surface area contributed by atoms with Crippen LogP contribution in [0.2, 0.25) is 0 Å². The zero-order chi connectivity index (χ0) is 5.70. The Morgan fingerprint density at radius 1 is 1.86 bits per heavy atom. The number of hydrazone groups is 1. The summed E-state index contributed by atoms with van der Waals surface area (Å²) in [5.41, 5.74) is 2.94. The van der Waals surface area contributed by atoms with E-state index in [1.165, 1.54) is 0 Å². The summed E-state index contributed by atoms with van der Waals surface area (Å²) < 4.78 is 0. The van der Waals surface area contributed by atoms with E-state index in [2.05, 4.69) is 10.5 Å². The molecule has 40 valence electrons. The molecular weight excluding hydrogens is 92.1 g/mol. The van der Waals surface area contributed by atoms with Crippen LogP contribution in [0, 0.1) is 0 Å². The van der Waals surface area contributed by atoms with Crippen molar-refractivity contribution >= 4 is 12.0 Å². The SMILES string of the molecule is CN/N=C(\C)C=O. The molecule has 0 aliphatic rings. The molecule has 0 aromatic rings. The minimum absolute atomic E-state index is 0.461. The number of aldehydes is 1. The molecule has 3 nitrogen and oxygen atoms in total. The lowest BCUT2D eigenvalue weighted by Gasteiger charge is -1.83. The third kappa shape index (κ3) is 2.96. The van der Waals surface area contributed by atoms with Gasteiger partial charge in [0.25, 0.3) is 0 Å². The van der Waals surface area contributed by atoms with Crippen molar-refractivity contribution < 1.29 is 4.79 Å². The molecule has 0 aromatic carbocycles. The summed E-state index contributed by atoms with van der Waals surface area (Å²) in [6.07, 6.45) is 0.691. The van der Waals surface area contributed by atoms with E-state index in [1.807, 2.05) is 0 Å². The molecule has 0 aromatic heterocycles. The fourth-order valence-electron chi connectivity index (χ4n) is 0.203. The first-order chi connectivity index (χ1) is 3.31. The van der Waals surface area contributed by atoms with Crippen LogP contribution in [0.25, 0.3) is 0 Å². The summed E-state index contributed by atoms with van der Waals surface area (Å²) in [7, 11) is 1.65. The number of carbonyl (C=O) groups is 1. The van der Waals surface area contributed by atoms with Crippen molar-refractivity contribution in [3.63, 3.8) is 0 Å². The minimum atomic E-state index is 0.461. The molecule has 0 fully saturated rings. The van der Waals surface area contributed by atoms with Crippen LogP contribution in [-0.4, -0.2) is 19.0 Å². The second-order valence-corrected chi connectivity index (χ2v) is 1.09. The molecule has 0 amide bonds. The van der Waals surface area contributed by atoms with Crippen molar-refractivity contribution in [2.75, 3.05) is 7.05 Å². The third-order valence-corrected chi connectivity index (χ3v) is 0.459. The summed E-state index contributed by atoms with van der Waals surface area (Å²) in [4.78, 5) is 9.72. The van der Waals surface area contributed by atoms with Crippen molar-refractivity contribution in [2.45, 2.75) is 6.92 Å². The van der Waals surface area contributed by atoms with E-state index in [0.29, 0.717) is 12.0 Å². The highest BCUT2D eigenvalue weighted by Gasteiger charge is 1.78. The van der Waals surface area contributed by atoms with Crippen LogP contribution in [0.1, 0.15) is 6.92 Å². The zero-order valence-corrected chi connectivity index (χ0v) is 4.43. The number of hydrogen-bond donors (Lipinski definition) is 1. The first-order valence-electron chi connectivity index (χ1n) is 1.97. The summed E-state index contributed by atoms with van der Waals surface area (Å²) in [5, 5.41) is 3.54. The fourth-order valence-corrected chi connectivity index (χ4v) is 0.203. The predicted octanol–water partition coefficient (Wildman–Crippen LogP) is -0.219. The predicted molar refractivity (Wildman–Crippen MR) is 28.2 cm³/mol. The molecule has 0 aliphatic heterocycles. The molecule has 1 N–H and O–H groups in total. The van der Waals surface area contributed by atoms with Crippen LogP contribution >= 0.6 is 0 Å². The molecule has 0 atom stereocenters. The van der Waals surface area contributed by atoms with Gasteiger partial charge >= 0.3 is 0 Å². The average molecular weight is 100 g/mol. The van der Waals surface area contributed by atoms with E-state index < -0.39 is 0 Å². The van der Waals surface area contributed by atoms with Crippen molar-refractivity contribution in [3.05, 3.63) is 0 Å². The Morgan fingerprint density at radius 2 is 2.43 bits per heavy atom. The van der Waals surface area contributed by atoms with Gasteiger partial charge in [0.15, 0.2) is 6.29 Å². The Hall–Kier alpha value is -0.860. The zero-order valence-electron chi connectivity index (χ0n) is 4.43. The number of nitrogens with one attached hydrogen (secondary N) is 1. The highest BCUT2D eigenvalue weighted by Crippen LogP contribution is 1.61. The fraction of sp³-hybridized carbons (Fsp3) is 0.500. The number of nitrogens with zero attached hydrogens (tertiary/aromatic N) is 1. The van der Waals surface area contributed by atoms with E-state index in [4.69, 9.17) is 0 Å². The molecule has 0 radical (unpaired) electrons. The molecule has 3 heteroatoms. The normalized spacial score (nSPS) is 10.9. The molecule has 0 bridgehead atoms. The maximum absolute atomic E-state index is 9.72. The molecule has 7 heavy (non-hydrogen) atoms. The summed E-state index contributed by atoms with van der Waals surface area (Å²) in [6.45, 7) is 1.63. The Labute approximate surface area is 42.4 Å². The lowest BCUT2D eigenvalue weighted by atomic mass is 10.5. The lowest BCUT2D eigenvalue weighted by molar-refractivity contribution is -0.102. The summed E-state index contributed by atoms with van der Waals surface area (Å²) in [6, 6.07) is 0. The maximum atomic E-state index is 9.72. The largest absolute Gasteiger partial charge is 0.313 e. The molecular formula is C4H8N2O. The minimum Gasteiger partial charge on any atom is -0.313 e. The second-order valence-electron chi connectivity index (χ2n) is 1.09. The van der Waals surface area contributed by atoms with Crippen molar-refractivity contribution in [1.82, 2.24) is 5.43 Å². The van der Waals surface area contributed by atoms with Crippen LogP contribution in [0.5, 0.6) is 0 Å². The monoisotopic (exact) mass is 100 g/mol. The van der Waals surface area contributed by atoms with E-state index >= 15 is 0 Å². The second kappa shape index (κ2) is 3.33. The molecule has 0 rings (SSSR count). The Bertz CT molecular complexity index is 87.7. The first-order valence-corrected chi connectivity index (χ1v) is 1.97. The van der Waals surface area contributed by atoms with Crippen molar-refractivity contribution in [1.29, 1.82) is 0 Å². The highest BCUT2D eigenvalue weighted by molar-refractivity contribution is 6.26. The Balaban J connectivity index is 3.49. The summed E-state index contributed by atoms with van der Waals surface area (Å²) in [5.74, 6) is 0. The Morgan fingerprint density at radius 3 is 2.57 bits per heavy atom. The van der Waals surface area contributed by atoms with Crippen LogP contribution in [0.15, 0.2) is 5.10 Å². The van der Waals surface area contributed by atoms with Gasteiger partial charge in [-0.3, -0.25) is 4.79 Å². The van der Waals surface area contributed by atoms with Gasteiger partial charge in [-0.1, -0.05) is 0 Å². The number of hydrogen-bond acceptors (Lipinski definition) is 3. The lowest BCUT2D eigenvalue weighted by Crippen LogP contribution is -2.01. The molecule has 0 spiro atoms. The smallest absolute Gasteiger partial charge is 0.165 e. The topological polar surface area (TPSA) is 41.5 Å².